The summed E-state index contributed by atoms with van der Waals surface area (Å²) in [5.74, 6) is 0.730. The van der Waals surface area contributed by atoms with E-state index in [1.165, 1.54) is 20.1 Å². The number of carbonyl (C=O) groups excluding carboxylic acids is 1. The summed E-state index contributed by atoms with van der Waals surface area (Å²) in [4.78, 5) is 12.7. The van der Waals surface area contributed by atoms with Gasteiger partial charge in [-0.15, -0.1) is 0 Å². The van der Waals surface area contributed by atoms with Crippen molar-refractivity contribution in [1.82, 2.24) is 9.62 Å². The molecule has 0 aliphatic rings. The molecule has 214 valence electrons. The Morgan fingerprint density at radius 2 is 1.85 bits per heavy atom. The van der Waals surface area contributed by atoms with Crippen LogP contribution in [-0.2, 0) is 27.7 Å². The smallest absolute Gasteiger partial charge is 0.409 e. The first-order chi connectivity index (χ1) is 18.3. The molecule has 0 spiro atoms. The van der Waals surface area contributed by atoms with E-state index in [0.29, 0.717) is 36.1 Å². The number of methoxy groups -OCH3 is 1. The average molecular weight is 560 g/mol. The van der Waals surface area contributed by atoms with Gasteiger partial charge in [0, 0.05) is 13.0 Å². The molecule has 0 bridgehead atoms. The van der Waals surface area contributed by atoms with E-state index < -0.39 is 34.0 Å². The predicted octanol–water partition coefficient (Wildman–Crippen LogP) is 4.99. The van der Waals surface area contributed by atoms with Crippen molar-refractivity contribution in [2.24, 2.45) is 5.92 Å². The molecule has 0 aliphatic heterocycles. The van der Waals surface area contributed by atoms with Crippen LogP contribution in [0.5, 0.6) is 5.75 Å². The summed E-state index contributed by atoms with van der Waals surface area (Å²) in [7, 11) is -2.72. The van der Waals surface area contributed by atoms with E-state index in [0.717, 1.165) is 10.7 Å². The normalized spacial score (nSPS) is 14.2. The summed E-state index contributed by atoms with van der Waals surface area (Å²) < 4.78 is 40.3. The lowest BCUT2D eigenvalue weighted by atomic mass is 9.92. The fraction of sp³-hybridized carbons (Fsp3) is 0.517. The van der Waals surface area contributed by atoms with Crippen LogP contribution >= 0.6 is 0 Å². The van der Waals surface area contributed by atoms with Crippen molar-refractivity contribution in [2.45, 2.75) is 89.6 Å². The number of nitrogens with one attached hydrogen (secondary N) is 1. The van der Waals surface area contributed by atoms with Crippen molar-refractivity contribution < 1.29 is 27.8 Å². The first-order valence-corrected chi connectivity index (χ1v) is 14.5. The lowest BCUT2D eigenvalue weighted by Crippen LogP contribution is -2.56. The third-order valence-electron chi connectivity index (χ3n) is 6.22. The molecule has 0 aromatic heterocycles. The number of alkyl carbamates (subject to hydrolysis) is 1. The van der Waals surface area contributed by atoms with Crippen LogP contribution in [0.15, 0.2) is 53.4 Å². The maximum atomic E-state index is 14.2. The highest BCUT2D eigenvalue weighted by atomic mass is 32.2. The second kappa shape index (κ2) is 14.3. The van der Waals surface area contributed by atoms with Crippen LogP contribution < -0.4 is 10.1 Å². The molecule has 2 aromatic rings. The second-order valence-corrected chi connectivity index (χ2v) is 12.4. The zero-order valence-corrected chi connectivity index (χ0v) is 24.5. The fourth-order valence-electron chi connectivity index (χ4n) is 4.20. The van der Waals surface area contributed by atoms with Gasteiger partial charge in [0.25, 0.3) is 0 Å². The van der Waals surface area contributed by atoms with Crippen LogP contribution in [0.3, 0.4) is 0 Å². The summed E-state index contributed by atoms with van der Waals surface area (Å²) in [6.07, 6.45) is -0.947. The number of nitrogens with zero attached hydrogens (tertiary/aromatic N) is 2. The number of rotatable bonds is 13. The van der Waals surface area contributed by atoms with Crippen molar-refractivity contribution in [1.29, 1.82) is 5.26 Å². The first kappa shape index (κ1) is 32.1. The summed E-state index contributed by atoms with van der Waals surface area (Å²) in [5.41, 5.74) is 0.564. The Hall–Kier alpha value is -3.13. The zero-order chi connectivity index (χ0) is 29.2. The lowest BCUT2D eigenvalue weighted by molar-refractivity contribution is 0.0301. The van der Waals surface area contributed by atoms with Gasteiger partial charge in [0.05, 0.1) is 24.2 Å². The van der Waals surface area contributed by atoms with Crippen LogP contribution in [0.25, 0.3) is 0 Å². The SMILES string of the molecule is CCC(CCC#N)Cc1cc(S(=O)(=O)N(Cc2ccccc2)[C@H](NC(=O)OC(C)(C)C)[C@@H](C)O)ccc1OC. The molecule has 0 saturated carbocycles. The number of amides is 1. The third-order valence-corrected chi connectivity index (χ3v) is 8.05. The minimum absolute atomic E-state index is 0.000932. The van der Waals surface area contributed by atoms with Gasteiger partial charge in [-0.25, -0.2) is 13.2 Å². The molecule has 9 nitrogen and oxygen atoms in total. The maximum Gasteiger partial charge on any atom is 0.409 e. The molecule has 1 unspecified atom stereocenters. The van der Waals surface area contributed by atoms with Crippen molar-refractivity contribution in [3.8, 4) is 11.8 Å². The van der Waals surface area contributed by atoms with Gasteiger partial charge in [0.2, 0.25) is 10.0 Å². The molecule has 0 fully saturated rings. The number of aliphatic hydroxyl groups excluding tert-OH is 1. The molecule has 2 rings (SSSR count). The van der Waals surface area contributed by atoms with Crippen LogP contribution in [0.2, 0.25) is 0 Å². The second-order valence-electron chi connectivity index (χ2n) is 10.5. The van der Waals surface area contributed by atoms with Crippen molar-refractivity contribution in [2.75, 3.05) is 7.11 Å². The Morgan fingerprint density at radius 1 is 1.18 bits per heavy atom. The predicted molar refractivity (Wildman–Crippen MR) is 149 cm³/mol. The van der Waals surface area contributed by atoms with E-state index in [4.69, 9.17) is 14.7 Å². The maximum absolute atomic E-state index is 14.2. The molecule has 39 heavy (non-hydrogen) atoms. The van der Waals surface area contributed by atoms with Crippen LogP contribution in [0, 0.1) is 17.2 Å². The number of carbonyl (C=O) groups is 1. The van der Waals surface area contributed by atoms with E-state index in [2.05, 4.69) is 11.4 Å². The molecule has 3 atom stereocenters. The molecular weight excluding hydrogens is 518 g/mol. The van der Waals surface area contributed by atoms with E-state index >= 15 is 0 Å². The number of nitriles is 1. The average Bonchev–Trinajstić information content (AvgIpc) is 2.87. The minimum Gasteiger partial charge on any atom is -0.496 e. The monoisotopic (exact) mass is 559 g/mol. The molecule has 0 aliphatic carbocycles. The van der Waals surface area contributed by atoms with Gasteiger partial charge < -0.3 is 19.9 Å². The van der Waals surface area contributed by atoms with Gasteiger partial charge in [-0.1, -0.05) is 43.7 Å². The number of ether oxygens (including phenoxy) is 2. The summed E-state index contributed by atoms with van der Waals surface area (Å²) in [6.45, 7) is 8.43. The number of sulfonamides is 1. The standard InChI is InChI=1S/C29H41N3O6S/c1-7-22(14-11-17-30)18-24-19-25(15-16-26(24)37-6)39(35,36)32(20-23-12-9-8-10-13-23)27(21(2)33)31-28(34)38-29(3,4)5/h8-10,12-13,15-16,19,21-22,27,33H,7,11,14,18,20H2,1-6H3,(H,31,34)/t21-,22?,27+/m1/s1. The van der Waals surface area contributed by atoms with Crippen LogP contribution in [-0.4, -0.2) is 48.9 Å². The Balaban J connectivity index is 2.56. The van der Waals surface area contributed by atoms with Gasteiger partial charge in [0.1, 0.15) is 17.5 Å². The quantitative estimate of drug-likeness (QED) is 0.331. The van der Waals surface area contributed by atoms with Crippen molar-refractivity contribution >= 4 is 16.1 Å². The highest BCUT2D eigenvalue weighted by Crippen LogP contribution is 2.30. The topological polar surface area (TPSA) is 129 Å². The zero-order valence-electron chi connectivity index (χ0n) is 23.7. The Kier molecular flexibility index (Phi) is 11.8. The molecule has 0 radical (unpaired) electrons. The highest BCUT2D eigenvalue weighted by molar-refractivity contribution is 7.89. The fourth-order valence-corrected chi connectivity index (χ4v) is 5.85. The van der Waals surface area contributed by atoms with Gasteiger partial charge >= 0.3 is 6.09 Å². The number of hydrogen-bond donors (Lipinski definition) is 2. The number of hydrogen-bond acceptors (Lipinski definition) is 7. The molecule has 2 N–H and O–H groups in total. The summed E-state index contributed by atoms with van der Waals surface area (Å²) in [5, 5.41) is 22.2. The lowest BCUT2D eigenvalue weighted by Gasteiger charge is -2.34. The van der Waals surface area contributed by atoms with Crippen molar-refractivity contribution in [3.63, 3.8) is 0 Å². The van der Waals surface area contributed by atoms with E-state index in [9.17, 15) is 18.3 Å². The molecule has 1 amide bonds. The third kappa shape index (κ3) is 9.53. The van der Waals surface area contributed by atoms with E-state index in [-0.39, 0.29) is 17.4 Å². The van der Waals surface area contributed by atoms with Crippen molar-refractivity contribution in [3.05, 3.63) is 59.7 Å². The van der Waals surface area contributed by atoms with Gasteiger partial charge in [-0.05, 0) is 75.8 Å². The molecule has 0 saturated heterocycles. The molecule has 0 heterocycles. The van der Waals surface area contributed by atoms with Crippen LogP contribution in [0.1, 0.15) is 65.0 Å². The van der Waals surface area contributed by atoms with Crippen LogP contribution in [0.4, 0.5) is 4.79 Å². The first-order valence-electron chi connectivity index (χ1n) is 13.1. The molecular formula is C29H41N3O6S. The largest absolute Gasteiger partial charge is 0.496 e. The summed E-state index contributed by atoms with van der Waals surface area (Å²) >= 11 is 0. The van der Waals surface area contributed by atoms with Gasteiger partial charge in [-0.2, -0.15) is 9.57 Å². The number of aliphatic hydroxyl groups is 1. The Morgan fingerprint density at radius 3 is 2.38 bits per heavy atom. The molecule has 10 heteroatoms. The summed E-state index contributed by atoms with van der Waals surface area (Å²) in [6, 6.07) is 15.8. The number of benzene rings is 2. The Labute approximate surface area is 232 Å². The van der Waals surface area contributed by atoms with E-state index in [1.807, 2.05) is 13.0 Å². The Bertz CT molecular complexity index is 1220. The van der Waals surface area contributed by atoms with Gasteiger partial charge in [0.15, 0.2) is 0 Å². The minimum atomic E-state index is -4.24. The molecule has 2 aromatic carbocycles. The van der Waals surface area contributed by atoms with E-state index in [1.54, 1.807) is 57.2 Å². The highest BCUT2D eigenvalue weighted by Gasteiger charge is 2.37. The van der Waals surface area contributed by atoms with Gasteiger partial charge in [-0.3, -0.25) is 0 Å².